The number of nitrogens with one attached hydrogen (secondary N) is 2. The summed E-state index contributed by atoms with van der Waals surface area (Å²) >= 11 is 0. The summed E-state index contributed by atoms with van der Waals surface area (Å²) < 4.78 is 0. The first-order chi connectivity index (χ1) is 8.66. The fraction of sp³-hybridized carbons (Fsp3) is 0.286. The third-order valence-electron chi connectivity index (χ3n) is 2.86. The third kappa shape index (κ3) is 2.97. The molecular weight excluding hydrogens is 226 g/mol. The van der Waals surface area contributed by atoms with E-state index in [1.165, 1.54) is 5.56 Å². The van der Waals surface area contributed by atoms with E-state index in [0.717, 1.165) is 23.2 Å². The summed E-state index contributed by atoms with van der Waals surface area (Å²) in [6.45, 7) is 4.58. The predicted molar refractivity (Wildman–Crippen MR) is 70.5 cm³/mol. The lowest BCUT2D eigenvalue weighted by Gasteiger charge is -2.07. The maximum absolute atomic E-state index is 12.0. The van der Waals surface area contributed by atoms with Gasteiger partial charge >= 0.3 is 0 Å². The molecule has 0 spiro atoms. The van der Waals surface area contributed by atoms with Crippen molar-refractivity contribution in [3.05, 3.63) is 53.1 Å². The number of hydrogen-bond donors (Lipinski definition) is 2. The topological polar surface area (TPSA) is 57.8 Å². The van der Waals surface area contributed by atoms with Gasteiger partial charge in [-0.2, -0.15) is 0 Å². The lowest BCUT2D eigenvalue weighted by molar-refractivity contribution is 0.0953. The van der Waals surface area contributed by atoms with Crippen molar-refractivity contribution in [2.45, 2.75) is 20.3 Å². The highest BCUT2D eigenvalue weighted by Gasteiger charge is 2.08. The molecule has 1 heterocycles. The molecule has 1 amide bonds. The lowest BCUT2D eigenvalue weighted by atomic mass is 10.1. The molecule has 0 fully saturated rings. The minimum absolute atomic E-state index is 0.0213. The first-order valence-corrected chi connectivity index (χ1v) is 5.99. The Labute approximate surface area is 106 Å². The van der Waals surface area contributed by atoms with Crippen LogP contribution in [0, 0.1) is 13.8 Å². The summed E-state index contributed by atoms with van der Waals surface area (Å²) in [4.78, 5) is 18.9. The van der Waals surface area contributed by atoms with Gasteiger partial charge in [0.1, 0.15) is 0 Å². The van der Waals surface area contributed by atoms with E-state index in [4.69, 9.17) is 0 Å². The van der Waals surface area contributed by atoms with E-state index in [9.17, 15) is 4.79 Å². The van der Waals surface area contributed by atoms with Gasteiger partial charge in [-0.3, -0.25) is 4.79 Å². The van der Waals surface area contributed by atoms with Crippen LogP contribution in [0.4, 0.5) is 0 Å². The zero-order valence-corrected chi connectivity index (χ0v) is 10.7. The zero-order valence-electron chi connectivity index (χ0n) is 10.7. The molecule has 0 unspecified atom stereocenters. The second-order valence-corrected chi connectivity index (χ2v) is 4.40. The van der Waals surface area contributed by atoms with E-state index in [-0.39, 0.29) is 5.91 Å². The molecule has 18 heavy (non-hydrogen) atoms. The maximum atomic E-state index is 12.0. The summed E-state index contributed by atoms with van der Waals surface area (Å²) in [6, 6.07) is 5.84. The number of aromatic nitrogens is 2. The van der Waals surface area contributed by atoms with Gasteiger partial charge in [-0.25, -0.2) is 4.98 Å². The molecule has 1 aromatic carbocycles. The fourth-order valence-corrected chi connectivity index (χ4v) is 1.90. The second-order valence-electron chi connectivity index (χ2n) is 4.40. The van der Waals surface area contributed by atoms with Gasteiger partial charge in [0.15, 0.2) is 0 Å². The number of benzene rings is 1. The molecule has 0 bridgehead atoms. The number of amides is 1. The number of rotatable bonds is 4. The second kappa shape index (κ2) is 5.49. The molecule has 2 rings (SSSR count). The standard InChI is InChI=1S/C14H17N3O/c1-10-3-4-13(11(2)7-10)14(18)16-6-5-12-8-15-9-17-12/h3-4,7-9H,5-6H2,1-2H3,(H,15,17)(H,16,18). The summed E-state index contributed by atoms with van der Waals surface area (Å²) in [5, 5.41) is 2.91. The normalized spacial score (nSPS) is 10.3. The van der Waals surface area contributed by atoms with Crippen molar-refractivity contribution in [1.82, 2.24) is 15.3 Å². The van der Waals surface area contributed by atoms with Crippen LogP contribution in [-0.2, 0) is 6.42 Å². The van der Waals surface area contributed by atoms with Gasteiger partial charge in [0.05, 0.1) is 6.33 Å². The largest absolute Gasteiger partial charge is 0.352 e. The number of nitrogens with zero attached hydrogens (tertiary/aromatic N) is 1. The molecule has 1 aromatic heterocycles. The fourth-order valence-electron chi connectivity index (χ4n) is 1.90. The quantitative estimate of drug-likeness (QED) is 0.863. The van der Waals surface area contributed by atoms with Gasteiger partial charge < -0.3 is 10.3 Å². The highest BCUT2D eigenvalue weighted by molar-refractivity contribution is 5.95. The summed E-state index contributed by atoms with van der Waals surface area (Å²) in [5.74, 6) is -0.0213. The lowest BCUT2D eigenvalue weighted by Crippen LogP contribution is -2.26. The van der Waals surface area contributed by atoms with E-state index < -0.39 is 0 Å². The highest BCUT2D eigenvalue weighted by atomic mass is 16.1. The maximum Gasteiger partial charge on any atom is 0.251 e. The smallest absolute Gasteiger partial charge is 0.251 e. The monoisotopic (exact) mass is 243 g/mol. The number of carbonyl (C=O) groups excluding carboxylic acids is 1. The Morgan fingerprint density at radius 3 is 2.89 bits per heavy atom. The van der Waals surface area contributed by atoms with Crippen molar-refractivity contribution in [3.8, 4) is 0 Å². The summed E-state index contributed by atoms with van der Waals surface area (Å²) in [6.07, 6.45) is 4.17. The van der Waals surface area contributed by atoms with Crippen LogP contribution in [0.3, 0.4) is 0 Å². The minimum atomic E-state index is -0.0213. The van der Waals surface area contributed by atoms with Crippen LogP contribution < -0.4 is 5.32 Å². The predicted octanol–water partition coefficient (Wildman–Crippen LogP) is 2.00. The molecule has 4 heteroatoms. The van der Waals surface area contributed by atoms with Gasteiger partial charge in [-0.1, -0.05) is 17.7 Å². The SMILES string of the molecule is Cc1ccc(C(=O)NCCc2cnc[nH]2)c(C)c1. The minimum Gasteiger partial charge on any atom is -0.352 e. The van der Waals surface area contributed by atoms with E-state index in [1.54, 1.807) is 12.5 Å². The Morgan fingerprint density at radius 1 is 1.39 bits per heavy atom. The van der Waals surface area contributed by atoms with Crippen molar-refractivity contribution in [3.63, 3.8) is 0 Å². The molecule has 2 N–H and O–H groups in total. The first kappa shape index (κ1) is 12.4. The molecule has 0 aliphatic rings. The molecule has 0 saturated carbocycles. The molecule has 0 aliphatic heterocycles. The molecule has 94 valence electrons. The summed E-state index contributed by atoms with van der Waals surface area (Å²) in [7, 11) is 0. The molecule has 0 saturated heterocycles. The number of H-pyrrole nitrogens is 1. The van der Waals surface area contributed by atoms with Crippen molar-refractivity contribution in [1.29, 1.82) is 0 Å². The van der Waals surface area contributed by atoms with Crippen molar-refractivity contribution >= 4 is 5.91 Å². The van der Waals surface area contributed by atoms with Crippen LogP contribution >= 0.6 is 0 Å². The third-order valence-corrected chi connectivity index (χ3v) is 2.86. The van der Waals surface area contributed by atoms with Crippen LogP contribution in [0.1, 0.15) is 27.2 Å². The van der Waals surface area contributed by atoms with Gasteiger partial charge in [-0.15, -0.1) is 0 Å². The molecule has 0 radical (unpaired) electrons. The number of imidazole rings is 1. The average Bonchev–Trinajstić information content (AvgIpc) is 2.81. The average molecular weight is 243 g/mol. The Hall–Kier alpha value is -2.10. The van der Waals surface area contributed by atoms with Crippen molar-refractivity contribution in [2.75, 3.05) is 6.54 Å². The van der Waals surface area contributed by atoms with Gasteiger partial charge in [0, 0.05) is 30.4 Å². The molecular formula is C14H17N3O. The number of carbonyl (C=O) groups is 1. The highest BCUT2D eigenvalue weighted by Crippen LogP contribution is 2.10. The number of aryl methyl sites for hydroxylation is 2. The van der Waals surface area contributed by atoms with E-state index in [0.29, 0.717) is 6.54 Å². The van der Waals surface area contributed by atoms with Crippen molar-refractivity contribution < 1.29 is 4.79 Å². The zero-order chi connectivity index (χ0) is 13.0. The van der Waals surface area contributed by atoms with Crippen LogP contribution in [0.2, 0.25) is 0 Å². The molecule has 2 aromatic rings. The number of aromatic amines is 1. The van der Waals surface area contributed by atoms with Crippen molar-refractivity contribution in [2.24, 2.45) is 0 Å². The molecule has 4 nitrogen and oxygen atoms in total. The van der Waals surface area contributed by atoms with Crippen LogP contribution in [0.15, 0.2) is 30.7 Å². The Bertz CT molecular complexity index is 532. The number of hydrogen-bond acceptors (Lipinski definition) is 2. The van der Waals surface area contributed by atoms with Gasteiger partial charge in [-0.05, 0) is 25.5 Å². The Balaban J connectivity index is 1.91. The van der Waals surface area contributed by atoms with Crippen LogP contribution in [-0.4, -0.2) is 22.4 Å². The van der Waals surface area contributed by atoms with E-state index >= 15 is 0 Å². The van der Waals surface area contributed by atoms with Gasteiger partial charge in [0.2, 0.25) is 0 Å². The Morgan fingerprint density at radius 2 is 2.22 bits per heavy atom. The van der Waals surface area contributed by atoms with Gasteiger partial charge in [0.25, 0.3) is 5.91 Å². The Kier molecular flexibility index (Phi) is 3.77. The molecule has 0 atom stereocenters. The van der Waals surface area contributed by atoms with Crippen LogP contribution in [0.25, 0.3) is 0 Å². The van der Waals surface area contributed by atoms with Crippen LogP contribution in [0.5, 0.6) is 0 Å². The molecule has 0 aliphatic carbocycles. The van der Waals surface area contributed by atoms with E-state index in [2.05, 4.69) is 15.3 Å². The first-order valence-electron chi connectivity index (χ1n) is 5.99. The van der Waals surface area contributed by atoms with E-state index in [1.807, 2.05) is 32.0 Å². The summed E-state index contributed by atoms with van der Waals surface area (Å²) in [5.41, 5.74) is 3.94.